The van der Waals surface area contributed by atoms with Gasteiger partial charge < -0.3 is 20.3 Å². The van der Waals surface area contributed by atoms with Crippen LogP contribution >= 0.6 is 23.2 Å². The van der Waals surface area contributed by atoms with Gasteiger partial charge in [0.05, 0.1) is 5.02 Å². The number of carboxylic acids is 2. The number of hydrogen-bond donors (Lipinski definition) is 3. The minimum absolute atomic E-state index is 0.0473. The quantitative estimate of drug-likeness (QED) is 0.479. The van der Waals surface area contributed by atoms with Crippen LogP contribution in [0.5, 0.6) is 5.75 Å². The van der Waals surface area contributed by atoms with E-state index in [0.717, 1.165) is 19.4 Å². The Balaban J connectivity index is 0.000000479. The standard InChI is InChI=1S/C18H21Cl2NO.C4H4O4/c1-13-3-5-14(6-4-13)11-16(9-10-21-2)22-18-12-15(19)7-8-17(18)20;5-3(6)1-2-4(7)8/h3-8,12,16,21H,9-11H2,1-2H3;1-2H,(H,5,6)(H,7,8)/b;2-1+/t16-;/m0./s1. The van der Waals surface area contributed by atoms with E-state index in [1.54, 1.807) is 18.2 Å². The number of rotatable bonds is 9. The van der Waals surface area contributed by atoms with Gasteiger partial charge in [-0.3, -0.25) is 0 Å². The van der Waals surface area contributed by atoms with Gasteiger partial charge in [0.2, 0.25) is 0 Å². The minimum Gasteiger partial charge on any atom is -0.488 e. The molecule has 0 radical (unpaired) electrons. The van der Waals surface area contributed by atoms with Gasteiger partial charge in [-0.2, -0.15) is 0 Å². The van der Waals surface area contributed by atoms with Crippen molar-refractivity contribution in [1.82, 2.24) is 5.32 Å². The summed E-state index contributed by atoms with van der Waals surface area (Å²) in [6.07, 6.45) is 2.90. The molecule has 30 heavy (non-hydrogen) atoms. The molecule has 6 nitrogen and oxygen atoms in total. The Hall–Kier alpha value is -2.54. The van der Waals surface area contributed by atoms with Crippen LogP contribution in [-0.2, 0) is 16.0 Å². The lowest BCUT2D eigenvalue weighted by Crippen LogP contribution is -2.25. The zero-order valence-electron chi connectivity index (χ0n) is 16.8. The lowest BCUT2D eigenvalue weighted by atomic mass is 10.0. The molecule has 2 aromatic carbocycles. The Morgan fingerprint density at radius 1 is 1.07 bits per heavy atom. The molecular formula is C22H25Cl2NO5. The molecule has 3 N–H and O–H groups in total. The van der Waals surface area contributed by atoms with Gasteiger partial charge in [0, 0.05) is 29.7 Å². The third kappa shape index (κ3) is 10.9. The molecule has 0 unspecified atom stereocenters. The Bertz CT molecular complexity index is 837. The first-order valence-corrected chi connectivity index (χ1v) is 9.92. The number of nitrogens with one attached hydrogen (secondary N) is 1. The molecule has 0 heterocycles. The summed E-state index contributed by atoms with van der Waals surface area (Å²) in [6, 6.07) is 13.8. The lowest BCUT2D eigenvalue weighted by Gasteiger charge is -2.20. The van der Waals surface area contributed by atoms with Crippen LogP contribution in [0.2, 0.25) is 10.0 Å². The summed E-state index contributed by atoms with van der Waals surface area (Å²) in [5, 5.41) is 20.0. The highest BCUT2D eigenvalue weighted by molar-refractivity contribution is 6.34. The average molecular weight is 454 g/mol. The van der Waals surface area contributed by atoms with Gasteiger partial charge in [-0.15, -0.1) is 0 Å². The number of aliphatic carboxylic acids is 2. The summed E-state index contributed by atoms with van der Waals surface area (Å²) in [7, 11) is 1.94. The molecule has 8 heteroatoms. The summed E-state index contributed by atoms with van der Waals surface area (Å²) in [6.45, 7) is 2.97. The van der Waals surface area contributed by atoms with E-state index in [2.05, 4.69) is 36.5 Å². The van der Waals surface area contributed by atoms with Gasteiger partial charge in [-0.1, -0.05) is 53.0 Å². The predicted octanol–water partition coefficient (Wildman–Crippen LogP) is 4.61. The molecule has 2 aromatic rings. The molecule has 1 atom stereocenters. The first-order valence-electron chi connectivity index (χ1n) is 9.17. The number of hydrogen-bond acceptors (Lipinski definition) is 4. The minimum atomic E-state index is -1.26. The Kier molecular flexibility index (Phi) is 11.6. The van der Waals surface area contributed by atoms with E-state index in [-0.39, 0.29) is 6.10 Å². The summed E-state index contributed by atoms with van der Waals surface area (Å²) in [4.78, 5) is 19.1. The first-order chi connectivity index (χ1) is 14.2. The molecule has 0 fully saturated rings. The van der Waals surface area contributed by atoms with Crippen LogP contribution in [0.3, 0.4) is 0 Å². The van der Waals surface area contributed by atoms with E-state index in [4.69, 9.17) is 38.2 Å². The zero-order chi connectivity index (χ0) is 22.5. The molecule has 0 bridgehead atoms. The third-order valence-electron chi connectivity index (χ3n) is 3.86. The molecule has 0 saturated carbocycles. The summed E-state index contributed by atoms with van der Waals surface area (Å²) >= 11 is 12.2. The van der Waals surface area contributed by atoms with Crippen molar-refractivity contribution in [3.63, 3.8) is 0 Å². The SMILES string of the molecule is CNCC[C@@H](Cc1ccc(C)cc1)Oc1cc(Cl)ccc1Cl.O=C(O)/C=C/C(=O)O. The van der Waals surface area contributed by atoms with Gasteiger partial charge in [0.25, 0.3) is 0 Å². The molecule has 0 aromatic heterocycles. The van der Waals surface area contributed by atoms with Crippen LogP contribution in [0.15, 0.2) is 54.6 Å². The van der Waals surface area contributed by atoms with Gasteiger partial charge in [-0.25, -0.2) is 9.59 Å². The van der Waals surface area contributed by atoms with Crippen LogP contribution in [0, 0.1) is 6.92 Å². The van der Waals surface area contributed by atoms with Crippen molar-refractivity contribution < 1.29 is 24.5 Å². The molecule has 0 spiro atoms. The maximum Gasteiger partial charge on any atom is 0.328 e. The fourth-order valence-corrected chi connectivity index (χ4v) is 2.71. The van der Waals surface area contributed by atoms with Crippen molar-refractivity contribution in [3.05, 3.63) is 75.8 Å². The molecule has 0 aliphatic rings. The van der Waals surface area contributed by atoms with Gasteiger partial charge in [-0.05, 0) is 44.6 Å². The highest BCUT2D eigenvalue weighted by Crippen LogP contribution is 2.29. The van der Waals surface area contributed by atoms with E-state index in [1.807, 2.05) is 7.05 Å². The molecular weight excluding hydrogens is 429 g/mol. The second kappa shape index (κ2) is 13.6. The number of ether oxygens (including phenoxy) is 1. The van der Waals surface area contributed by atoms with E-state index < -0.39 is 11.9 Å². The Morgan fingerprint density at radius 2 is 1.67 bits per heavy atom. The van der Waals surface area contributed by atoms with Crippen LogP contribution in [0.1, 0.15) is 17.5 Å². The maximum absolute atomic E-state index is 9.55. The van der Waals surface area contributed by atoms with Crippen molar-refractivity contribution in [2.45, 2.75) is 25.9 Å². The predicted molar refractivity (Wildman–Crippen MR) is 119 cm³/mol. The maximum atomic E-state index is 9.55. The average Bonchev–Trinajstić information content (AvgIpc) is 2.69. The highest BCUT2D eigenvalue weighted by atomic mass is 35.5. The van der Waals surface area contributed by atoms with Crippen LogP contribution < -0.4 is 10.1 Å². The topological polar surface area (TPSA) is 95.9 Å². The number of carboxylic acid groups (broad SMARTS) is 2. The van der Waals surface area contributed by atoms with E-state index in [1.165, 1.54) is 11.1 Å². The van der Waals surface area contributed by atoms with Crippen molar-refractivity contribution >= 4 is 35.1 Å². The fourth-order valence-electron chi connectivity index (χ4n) is 2.38. The monoisotopic (exact) mass is 453 g/mol. The van der Waals surface area contributed by atoms with Crippen LogP contribution in [0.25, 0.3) is 0 Å². The van der Waals surface area contributed by atoms with Crippen molar-refractivity contribution in [2.75, 3.05) is 13.6 Å². The van der Waals surface area contributed by atoms with Crippen LogP contribution in [0.4, 0.5) is 0 Å². The number of aryl methyl sites for hydroxylation is 1. The first kappa shape index (κ1) is 25.5. The summed E-state index contributed by atoms with van der Waals surface area (Å²) in [5.74, 6) is -1.87. The van der Waals surface area contributed by atoms with Gasteiger partial charge >= 0.3 is 11.9 Å². The molecule has 0 amide bonds. The second-order valence-electron chi connectivity index (χ2n) is 6.41. The van der Waals surface area contributed by atoms with Crippen LogP contribution in [-0.4, -0.2) is 41.8 Å². The summed E-state index contributed by atoms with van der Waals surface area (Å²) < 4.78 is 6.11. The number of halogens is 2. The van der Waals surface area contributed by atoms with E-state index in [0.29, 0.717) is 27.9 Å². The van der Waals surface area contributed by atoms with E-state index in [9.17, 15) is 9.59 Å². The third-order valence-corrected chi connectivity index (χ3v) is 4.40. The lowest BCUT2D eigenvalue weighted by molar-refractivity contribution is -0.134. The molecule has 162 valence electrons. The van der Waals surface area contributed by atoms with Gasteiger partial charge in [0.1, 0.15) is 11.9 Å². The van der Waals surface area contributed by atoms with Crippen molar-refractivity contribution in [3.8, 4) is 5.75 Å². The molecule has 2 rings (SSSR count). The zero-order valence-corrected chi connectivity index (χ0v) is 18.3. The Labute approximate surface area is 186 Å². The highest BCUT2D eigenvalue weighted by Gasteiger charge is 2.14. The van der Waals surface area contributed by atoms with Crippen molar-refractivity contribution in [2.24, 2.45) is 0 Å². The number of benzene rings is 2. The van der Waals surface area contributed by atoms with Crippen molar-refractivity contribution in [1.29, 1.82) is 0 Å². The molecule has 0 aliphatic carbocycles. The normalized spacial score (nSPS) is 11.5. The smallest absolute Gasteiger partial charge is 0.328 e. The molecule has 0 saturated heterocycles. The Morgan fingerprint density at radius 3 is 2.20 bits per heavy atom. The van der Waals surface area contributed by atoms with E-state index >= 15 is 0 Å². The number of carbonyl (C=O) groups is 2. The summed E-state index contributed by atoms with van der Waals surface area (Å²) in [5.41, 5.74) is 2.51. The molecule has 0 aliphatic heterocycles. The van der Waals surface area contributed by atoms with Gasteiger partial charge in [0.15, 0.2) is 0 Å². The fraction of sp³-hybridized carbons (Fsp3) is 0.273. The largest absolute Gasteiger partial charge is 0.488 e. The second-order valence-corrected chi connectivity index (χ2v) is 7.25.